The van der Waals surface area contributed by atoms with Gasteiger partial charge in [-0.1, -0.05) is 6.08 Å². The summed E-state index contributed by atoms with van der Waals surface area (Å²) < 4.78 is 50.0. The fraction of sp³-hybridized carbons (Fsp3) is 0.368. The third-order valence-electron chi connectivity index (χ3n) is 5.30. The van der Waals surface area contributed by atoms with Crippen LogP contribution in [0.3, 0.4) is 0 Å². The lowest BCUT2D eigenvalue weighted by Gasteiger charge is -2.30. The zero-order valence-corrected chi connectivity index (χ0v) is 14.8. The third-order valence-corrected chi connectivity index (χ3v) is 5.30. The molecule has 3 aromatic heterocycles. The fourth-order valence-electron chi connectivity index (χ4n) is 3.85. The standard InChI is InChI=1S/C19H17F3N4O2/c20-19(21,22)26-11-14(9-25-26)16-10-24-17-15(16)7-13(8-23-17)12-1-3-18(4-2-12)27-5-6-28-18/h1,7-11H,2-6H2,(H,23,24). The van der Waals surface area contributed by atoms with Crippen LogP contribution in [0.5, 0.6) is 0 Å². The van der Waals surface area contributed by atoms with Crippen LogP contribution in [-0.2, 0) is 15.8 Å². The molecule has 0 amide bonds. The van der Waals surface area contributed by atoms with Gasteiger partial charge in [-0.15, -0.1) is 13.2 Å². The van der Waals surface area contributed by atoms with E-state index in [1.807, 2.05) is 6.07 Å². The second-order valence-electron chi connectivity index (χ2n) is 7.01. The predicted octanol–water partition coefficient (Wildman–Crippen LogP) is 4.21. The maximum Gasteiger partial charge on any atom is 0.504 e. The van der Waals surface area contributed by atoms with Crippen molar-refractivity contribution in [3.63, 3.8) is 0 Å². The number of pyridine rings is 1. The number of aromatic amines is 1. The highest BCUT2D eigenvalue weighted by molar-refractivity contribution is 5.95. The van der Waals surface area contributed by atoms with Crippen molar-refractivity contribution in [1.82, 2.24) is 19.7 Å². The molecular weight excluding hydrogens is 373 g/mol. The van der Waals surface area contributed by atoms with Crippen LogP contribution in [0.15, 0.2) is 36.9 Å². The molecule has 9 heteroatoms. The predicted molar refractivity (Wildman–Crippen MR) is 95.1 cm³/mol. The summed E-state index contributed by atoms with van der Waals surface area (Å²) in [6, 6.07) is 1.96. The topological polar surface area (TPSA) is 65.0 Å². The van der Waals surface area contributed by atoms with Gasteiger partial charge in [-0.25, -0.2) is 4.98 Å². The molecule has 0 saturated carbocycles. The molecule has 6 nitrogen and oxygen atoms in total. The number of halogens is 3. The molecule has 0 bridgehead atoms. The smallest absolute Gasteiger partial charge is 0.347 e. The van der Waals surface area contributed by atoms with E-state index < -0.39 is 12.1 Å². The zero-order chi connectivity index (χ0) is 19.4. The first-order valence-electron chi connectivity index (χ1n) is 9.00. The van der Waals surface area contributed by atoms with Crippen LogP contribution in [0.25, 0.3) is 27.7 Å². The Morgan fingerprint density at radius 2 is 1.96 bits per heavy atom. The monoisotopic (exact) mass is 390 g/mol. The Bertz CT molecular complexity index is 1060. The van der Waals surface area contributed by atoms with Gasteiger partial charge in [0.05, 0.1) is 19.4 Å². The zero-order valence-electron chi connectivity index (χ0n) is 14.8. The summed E-state index contributed by atoms with van der Waals surface area (Å²) in [5, 5.41) is 4.18. The molecule has 0 aromatic carbocycles. The molecule has 4 heterocycles. The van der Waals surface area contributed by atoms with Crippen molar-refractivity contribution in [3.8, 4) is 11.1 Å². The molecule has 1 aliphatic heterocycles. The number of H-pyrrole nitrogens is 1. The van der Waals surface area contributed by atoms with Crippen LogP contribution >= 0.6 is 0 Å². The van der Waals surface area contributed by atoms with Crippen molar-refractivity contribution in [2.24, 2.45) is 0 Å². The number of nitrogens with one attached hydrogen (secondary N) is 1. The van der Waals surface area contributed by atoms with Gasteiger partial charge < -0.3 is 14.5 Å². The molecule has 0 unspecified atom stereocenters. The summed E-state index contributed by atoms with van der Waals surface area (Å²) in [4.78, 5) is 7.45. The first-order valence-corrected chi connectivity index (χ1v) is 9.00. The number of nitrogens with zero attached hydrogens (tertiary/aromatic N) is 3. The molecule has 1 N–H and O–H groups in total. The second kappa shape index (κ2) is 6.18. The Balaban J connectivity index is 1.49. The Labute approximate surface area is 158 Å². The van der Waals surface area contributed by atoms with E-state index in [1.165, 1.54) is 6.20 Å². The molecular formula is C19H17F3N4O2. The summed E-state index contributed by atoms with van der Waals surface area (Å²) in [7, 11) is 0. The Morgan fingerprint density at radius 1 is 1.14 bits per heavy atom. The number of allylic oxidation sites excluding steroid dienone is 1. The van der Waals surface area contributed by atoms with Crippen LogP contribution in [0.2, 0.25) is 0 Å². The fourth-order valence-corrected chi connectivity index (χ4v) is 3.85. The van der Waals surface area contributed by atoms with E-state index >= 15 is 0 Å². The average Bonchev–Trinajstić information content (AvgIpc) is 3.40. The molecule has 146 valence electrons. The van der Waals surface area contributed by atoms with Crippen LogP contribution in [-0.4, -0.2) is 38.7 Å². The molecule has 1 spiro atoms. The Kier molecular flexibility index (Phi) is 3.85. The van der Waals surface area contributed by atoms with Crippen molar-refractivity contribution < 1.29 is 22.6 Å². The van der Waals surface area contributed by atoms with Crippen LogP contribution < -0.4 is 0 Å². The number of aromatic nitrogens is 4. The van der Waals surface area contributed by atoms with Gasteiger partial charge >= 0.3 is 6.30 Å². The molecule has 0 radical (unpaired) electrons. The van der Waals surface area contributed by atoms with Crippen LogP contribution in [0, 0.1) is 0 Å². The Hall–Kier alpha value is -2.65. The van der Waals surface area contributed by atoms with E-state index in [9.17, 15) is 13.2 Å². The van der Waals surface area contributed by atoms with Gasteiger partial charge in [0, 0.05) is 47.9 Å². The summed E-state index contributed by atoms with van der Waals surface area (Å²) in [6.45, 7) is 1.24. The SMILES string of the molecule is FC(F)(F)n1cc(-c2c[nH]c3ncc(C4=CCC5(CC4)OCCO5)cc23)cn1. The molecule has 28 heavy (non-hydrogen) atoms. The minimum absolute atomic E-state index is 0.00313. The number of ether oxygens (including phenoxy) is 2. The molecule has 1 aliphatic carbocycles. The lowest BCUT2D eigenvalue weighted by molar-refractivity contribution is -0.212. The molecule has 0 atom stereocenters. The van der Waals surface area contributed by atoms with Crippen molar-refractivity contribution in [1.29, 1.82) is 0 Å². The number of alkyl halides is 3. The molecule has 5 rings (SSSR count). The molecule has 2 aliphatic rings. The van der Waals surface area contributed by atoms with E-state index in [0.29, 0.717) is 36.4 Å². The molecule has 1 fully saturated rings. The number of hydrogen-bond acceptors (Lipinski definition) is 4. The normalized spacial score (nSPS) is 19.5. The third kappa shape index (κ3) is 2.91. The van der Waals surface area contributed by atoms with Gasteiger partial charge in [0.25, 0.3) is 0 Å². The summed E-state index contributed by atoms with van der Waals surface area (Å²) >= 11 is 0. The lowest BCUT2D eigenvalue weighted by atomic mass is 9.90. The molecule has 1 saturated heterocycles. The summed E-state index contributed by atoms with van der Waals surface area (Å²) in [5.41, 5.74) is 3.72. The van der Waals surface area contributed by atoms with E-state index in [0.717, 1.165) is 35.6 Å². The summed E-state index contributed by atoms with van der Waals surface area (Å²) in [5.74, 6) is -0.494. The van der Waals surface area contributed by atoms with Gasteiger partial charge in [-0.05, 0) is 23.6 Å². The van der Waals surface area contributed by atoms with Gasteiger partial charge in [0.2, 0.25) is 0 Å². The quantitative estimate of drug-likeness (QED) is 0.712. The minimum atomic E-state index is -4.54. The van der Waals surface area contributed by atoms with E-state index in [1.54, 1.807) is 12.4 Å². The first kappa shape index (κ1) is 17.4. The lowest BCUT2D eigenvalue weighted by Crippen LogP contribution is -2.31. The van der Waals surface area contributed by atoms with Crippen LogP contribution in [0.1, 0.15) is 24.8 Å². The van der Waals surface area contributed by atoms with Crippen LogP contribution in [0.4, 0.5) is 13.2 Å². The Morgan fingerprint density at radius 3 is 2.64 bits per heavy atom. The van der Waals surface area contributed by atoms with Gasteiger partial charge in [-0.3, -0.25) is 0 Å². The van der Waals surface area contributed by atoms with Gasteiger partial charge in [0.1, 0.15) is 5.65 Å². The highest BCUT2D eigenvalue weighted by Crippen LogP contribution is 2.39. The van der Waals surface area contributed by atoms with Crippen molar-refractivity contribution in [2.75, 3.05) is 13.2 Å². The second-order valence-corrected chi connectivity index (χ2v) is 7.01. The number of hydrogen-bond donors (Lipinski definition) is 1. The highest BCUT2D eigenvalue weighted by Gasteiger charge is 2.37. The highest BCUT2D eigenvalue weighted by atomic mass is 19.4. The van der Waals surface area contributed by atoms with Gasteiger partial charge in [-0.2, -0.15) is 9.78 Å². The van der Waals surface area contributed by atoms with E-state index in [-0.39, 0.29) is 4.68 Å². The number of fused-ring (bicyclic) bond motifs is 1. The van der Waals surface area contributed by atoms with Crippen molar-refractivity contribution in [2.45, 2.75) is 31.3 Å². The van der Waals surface area contributed by atoms with Crippen molar-refractivity contribution >= 4 is 16.6 Å². The largest absolute Gasteiger partial charge is 0.504 e. The van der Waals surface area contributed by atoms with E-state index in [4.69, 9.17) is 9.47 Å². The number of rotatable bonds is 2. The first-order chi connectivity index (χ1) is 13.4. The average molecular weight is 390 g/mol. The van der Waals surface area contributed by atoms with E-state index in [2.05, 4.69) is 21.1 Å². The van der Waals surface area contributed by atoms with Crippen molar-refractivity contribution in [3.05, 3.63) is 42.5 Å². The molecule has 3 aromatic rings. The maximum atomic E-state index is 12.8. The van der Waals surface area contributed by atoms with Gasteiger partial charge in [0.15, 0.2) is 5.79 Å². The summed E-state index contributed by atoms with van der Waals surface area (Å²) in [6.07, 6.45) is 5.43. The maximum absolute atomic E-state index is 12.8. The minimum Gasteiger partial charge on any atom is -0.347 e.